The number of ether oxygens (including phenoxy) is 2. The van der Waals surface area contributed by atoms with Crippen molar-refractivity contribution in [2.45, 2.75) is 6.54 Å². The third kappa shape index (κ3) is 4.50. The maximum Gasteiger partial charge on any atom is 0.319 e. The molecular weight excluding hydrogens is 323 g/mol. The number of hydrogen-bond acceptors (Lipinski definition) is 3. The van der Waals surface area contributed by atoms with Crippen LogP contribution in [0.15, 0.2) is 36.4 Å². The monoisotopic (exact) mass is 338 g/mol. The molecule has 0 aromatic heterocycles. The summed E-state index contributed by atoms with van der Waals surface area (Å²) < 4.78 is 23.6. The van der Waals surface area contributed by atoms with E-state index in [9.17, 15) is 9.18 Å². The summed E-state index contributed by atoms with van der Waals surface area (Å²) in [6.07, 6.45) is 0. The van der Waals surface area contributed by atoms with E-state index >= 15 is 0 Å². The summed E-state index contributed by atoms with van der Waals surface area (Å²) in [5.74, 6) is 0.591. The second kappa shape index (κ2) is 7.69. The fraction of sp³-hybridized carbons (Fsp3) is 0.188. The van der Waals surface area contributed by atoms with Crippen molar-refractivity contribution in [1.29, 1.82) is 0 Å². The van der Waals surface area contributed by atoms with Gasteiger partial charge in [0.15, 0.2) is 11.5 Å². The minimum absolute atomic E-state index is 0.00119. The lowest BCUT2D eigenvalue weighted by Gasteiger charge is -2.11. The third-order valence-electron chi connectivity index (χ3n) is 3.08. The highest BCUT2D eigenvalue weighted by molar-refractivity contribution is 6.30. The molecule has 0 spiro atoms. The highest BCUT2D eigenvalue weighted by Crippen LogP contribution is 2.27. The van der Waals surface area contributed by atoms with Crippen LogP contribution in [0, 0.1) is 5.82 Å². The van der Waals surface area contributed by atoms with E-state index in [4.69, 9.17) is 21.1 Å². The molecule has 0 bridgehead atoms. The molecule has 2 rings (SSSR count). The largest absolute Gasteiger partial charge is 0.493 e. The molecule has 2 N–H and O–H groups in total. The van der Waals surface area contributed by atoms with Gasteiger partial charge in [-0.25, -0.2) is 9.18 Å². The molecule has 122 valence electrons. The first-order chi connectivity index (χ1) is 11.0. The Balaban J connectivity index is 1.95. The van der Waals surface area contributed by atoms with Crippen molar-refractivity contribution in [3.63, 3.8) is 0 Å². The Kier molecular flexibility index (Phi) is 5.65. The van der Waals surface area contributed by atoms with E-state index in [0.29, 0.717) is 17.2 Å². The number of carbonyl (C=O) groups is 1. The molecule has 0 fully saturated rings. The van der Waals surface area contributed by atoms with Crippen LogP contribution in [-0.2, 0) is 6.54 Å². The molecule has 2 aromatic rings. The van der Waals surface area contributed by atoms with Gasteiger partial charge in [-0.05, 0) is 35.9 Å². The van der Waals surface area contributed by atoms with E-state index in [2.05, 4.69) is 10.6 Å². The summed E-state index contributed by atoms with van der Waals surface area (Å²) >= 11 is 5.59. The molecule has 2 aromatic carbocycles. The van der Waals surface area contributed by atoms with Crippen molar-refractivity contribution >= 4 is 23.3 Å². The lowest BCUT2D eigenvalue weighted by atomic mass is 10.2. The Bertz CT molecular complexity index is 710. The Labute approximate surface area is 138 Å². The van der Waals surface area contributed by atoms with Crippen LogP contribution in [-0.4, -0.2) is 20.3 Å². The molecule has 7 heteroatoms. The zero-order chi connectivity index (χ0) is 16.8. The molecule has 0 atom stereocenters. The van der Waals surface area contributed by atoms with Gasteiger partial charge in [-0.3, -0.25) is 0 Å². The summed E-state index contributed by atoms with van der Waals surface area (Å²) in [6.45, 7) is 0.280. The average Bonchev–Trinajstić information content (AvgIpc) is 2.56. The van der Waals surface area contributed by atoms with Gasteiger partial charge in [-0.1, -0.05) is 17.7 Å². The maximum absolute atomic E-state index is 13.3. The fourth-order valence-corrected chi connectivity index (χ4v) is 2.04. The second-order valence-electron chi connectivity index (χ2n) is 4.63. The van der Waals surface area contributed by atoms with Gasteiger partial charge in [0.1, 0.15) is 5.82 Å². The van der Waals surface area contributed by atoms with Crippen molar-refractivity contribution in [2.24, 2.45) is 0 Å². The van der Waals surface area contributed by atoms with Crippen molar-refractivity contribution in [3.05, 3.63) is 52.8 Å². The number of methoxy groups -OCH3 is 2. The van der Waals surface area contributed by atoms with Crippen LogP contribution in [0.2, 0.25) is 5.02 Å². The highest BCUT2D eigenvalue weighted by Gasteiger charge is 2.07. The minimum Gasteiger partial charge on any atom is -0.493 e. The molecule has 0 unspecified atom stereocenters. The van der Waals surface area contributed by atoms with E-state index in [-0.39, 0.29) is 11.6 Å². The summed E-state index contributed by atoms with van der Waals surface area (Å²) in [7, 11) is 3.09. The SMILES string of the molecule is COc1ccc(CNC(=O)Nc2ccc(Cl)c(F)c2)cc1OC. The first-order valence-corrected chi connectivity index (χ1v) is 7.12. The molecule has 0 aliphatic carbocycles. The second-order valence-corrected chi connectivity index (χ2v) is 5.03. The van der Waals surface area contributed by atoms with E-state index < -0.39 is 11.8 Å². The Morgan fingerprint density at radius 2 is 1.87 bits per heavy atom. The van der Waals surface area contributed by atoms with Gasteiger partial charge in [0.25, 0.3) is 0 Å². The molecule has 0 radical (unpaired) electrons. The Hall–Kier alpha value is -2.47. The molecule has 0 aliphatic rings. The van der Waals surface area contributed by atoms with Crippen molar-refractivity contribution < 1.29 is 18.7 Å². The molecule has 2 amide bonds. The summed E-state index contributed by atoms with van der Waals surface area (Å²) in [4.78, 5) is 11.8. The van der Waals surface area contributed by atoms with Crippen LogP contribution >= 0.6 is 11.6 Å². The van der Waals surface area contributed by atoms with Crippen LogP contribution in [0.25, 0.3) is 0 Å². The number of nitrogens with one attached hydrogen (secondary N) is 2. The maximum atomic E-state index is 13.3. The third-order valence-corrected chi connectivity index (χ3v) is 3.39. The molecule has 0 aliphatic heterocycles. The quantitative estimate of drug-likeness (QED) is 0.871. The first kappa shape index (κ1) is 16.9. The van der Waals surface area contributed by atoms with Crippen LogP contribution in [0.5, 0.6) is 11.5 Å². The average molecular weight is 339 g/mol. The predicted octanol–water partition coefficient (Wildman–Crippen LogP) is 3.82. The number of amides is 2. The van der Waals surface area contributed by atoms with Crippen LogP contribution < -0.4 is 20.1 Å². The van der Waals surface area contributed by atoms with E-state index in [0.717, 1.165) is 11.6 Å². The van der Waals surface area contributed by atoms with Gasteiger partial charge in [-0.2, -0.15) is 0 Å². The first-order valence-electron chi connectivity index (χ1n) is 6.74. The van der Waals surface area contributed by atoms with Crippen molar-refractivity contribution in [1.82, 2.24) is 5.32 Å². The number of hydrogen-bond donors (Lipinski definition) is 2. The van der Waals surface area contributed by atoms with Gasteiger partial charge in [0.05, 0.1) is 19.2 Å². The summed E-state index contributed by atoms with van der Waals surface area (Å²) in [6, 6.07) is 8.91. The number of benzene rings is 2. The number of carbonyl (C=O) groups excluding carboxylic acids is 1. The number of urea groups is 1. The van der Waals surface area contributed by atoms with Gasteiger partial charge < -0.3 is 20.1 Å². The Morgan fingerprint density at radius 3 is 2.52 bits per heavy atom. The zero-order valence-corrected chi connectivity index (χ0v) is 13.4. The minimum atomic E-state index is -0.593. The normalized spacial score (nSPS) is 10.1. The number of halogens is 2. The van der Waals surface area contributed by atoms with Gasteiger partial charge in [-0.15, -0.1) is 0 Å². The molecule has 23 heavy (non-hydrogen) atoms. The topological polar surface area (TPSA) is 59.6 Å². The number of anilines is 1. The predicted molar refractivity (Wildman–Crippen MR) is 86.8 cm³/mol. The van der Waals surface area contributed by atoms with E-state index in [1.54, 1.807) is 19.2 Å². The Morgan fingerprint density at radius 1 is 1.13 bits per heavy atom. The van der Waals surface area contributed by atoms with Crippen LogP contribution in [0.4, 0.5) is 14.9 Å². The summed E-state index contributed by atoms with van der Waals surface area (Å²) in [5, 5.41) is 5.20. The summed E-state index contributed by atoms with van der Waals surface area (Å²) in [5.41, 5.74) is 1.15. The molecule has 0 heterocycles. The van der Waals surface area contributed by atoms with Crippen molar-refractivity contribution in [2.75, 3.05) is 19.5 Å². The molecular formula is C16H16ClFN2O3. The van der Waals surface area contributed by atoms with Crippen LogP contribution in [0.1, 0.15) is 5.56 Å². The standard InChI is InChI=1S/C16H16ClFN2O3/c1-22-14-6-3-10(7-15(14)23-2)9-19-16(21)20-11-4-5-12(17)13(18)8-11/h3-8H,9H2,1-2H3,(H2,19,20,21). The van der Waals surface area contributed by atoms with Gasteiger partial charge >= 0.3 is 6.03 Å². The van der Waals surface area contributed by atoms with E-state index in [1.165, 1.54) is 19.2 Å². The van der Waals surface area contributed by atoms with E-state index in [1.807, 2.05) is 6.07 Å². The molecule has 0 saturated carbocycles. The molecule has 5 nitrogen and oxygen atoms in total. The highest BCUT2D eigenvalue weighted by atomic mass is 35.5. The fourth-order valence-electron chi connectivity index (χ4n) is 1.92. The number of rotatable bonds is 5. The lowest BCUT2D eigenvalue weighted by Crippen LogP contribution is -2.28. The van der Waals surface area contributed by atoms with Gasteiger partial charge in [0.2, 0.25) is 0 Å². The molecule has 0 saturated heterocycles. The van der Waals surface area contributed by atoms with Gasteiger partial charge in [0, 0.05) is 12.2 Å². The lowest BCUT2D eigenvalue weighted by molar-refractivity contribution is 0.251. The zero-order valence-electron chi connectivity index (χ0n) is 12.7. The van der Waals surface area contributed by atoms with Crippen LogP contribution in [0.3, 0.4) is 0 Å². The smallest absolute Gasteiger partial charge is 0.319 e. The van der Waals surface area contributed by atoms with Crippen molar-refractivity contribution in [3.8, 4) is 11.5 Å².